The van der Waals surface area contributed by atoms with Crippen LogP contribution in [0.15, 0.2) is 24.3 Å². The molecule has 2 aliphatic rings. The number of rotatable bonds is 8. The predicted octanol–water partition coefficient (Wildman–Crippen LogP) is 1.91. The number of hydrogen-bond donors (Lipinski definition) is 2. The molecule has 0 aliphatic carbocycles. The first-order chi connectivity index (χ1) is 14.9. The summed E-state index contributed by atoms with van der Waals surface area (Å²) in [6.45, 7) is 3.57. The van der Waals surface area contributed by atoms with Gasteiger partial charge < -0.3 is 24.8 Å². The van der Waals surface area contributed by atoms with Crippen LogP contribution in [0.25, 0.3) is 0 Å². The van der Waals surface area contributed by atoms with Gasteiger partial charge >= 0.3 is 0 Å². The van der Waals surface area contributed by atoms with Crippen LogP contribution in [0.4, 0.5) is 0 Å². The summed E-state index contributed by atoms with van der Waals surface area (Å²) in [6.07, 6.45) is 2.27. The minimum atomic E-state index is -0.536. The number of hydrogen-bond acceptors (Lipinski definition) is 6. The van der Waals surface area contributed by atoms with Crippen LogP contribution in [-0.2, 0) is 20.8 Å². The van der Waals surface area contributed by atoms with Crippen molar-refractivity contribution in [2.75, 3.05) is 46.9 Å². The summed E-state index contributed by atoms with van der Waals surface area (Å²) in [6, 6.07) is 7.96. The number of fused-ring (bicyclic) bond motifs is 1. The van der Waals surface area contributed by atoms with E-state index in [0.29, 0.717) is 37.7 Å². The number of amides is 1. The van der Waals surface area contributed by atoms with E-state index in [4.69, 9.17) is 21.1 Å². The third kappa shape index (κ3) is 8.00. The minimum Gasteiger partial charge on any atom is -0.389 e. The van der Waals surface area contributed by atoms with E-state index in [1.54, 1.807) is 0 Å². The lowest BCUT2D eigenvalue weighted by Gasteiger charge is -2.44. The van der Waals surface area contributed by atoms with Crippen molar-refractivity contribution in [3.63, 3.8) is 0 Å². The van der Waals surface area contributed by atoms with Crippen molar-refractivity contribution < 1.29 is 19.4 Å². The zero-order valence-electron chi connectivity index (χ0n) is 18.6. The zero-order chi connectivity index (χ0) is 22.2. The first kappa shape index (κ1) is 24.4. The summed E-state index contributed by atoms with van der Waals surface area (Å²) < 4.78 is 12.0. The van der Waals surface area contributed by atoms with Gasteiger partial charge in [0.1, 0.15) is 0 Å². The normalized spacial score (nSPS) is 27.4. The van der Waals surface area contributed by atoms with Gasteiger partial charge in [0, 0.05) is 30.7 Å². The number of halogens is 1. The van der Waals surface area contributed by atoms with Crippen molar-refractivity contribution in [1.82, 2.24) is 15.1 Å². The number of nitrogens with zero attached hydrogens (tertiary/aromatic N) is 2. The van der Waals surface area contributed by atoms with Crippen molar-refractivity contribution in [1.29, 1.82) is 0 Å². The van der Waals surface area contributed by atoms with Crippen LogP contribution < -0.4 is 5.32 Å². The molecule has 2 N–H and O–H groups in total. The molecule has 2 fully saturated rings. The molecule has 0 radical (unpaired) electrons. The number of β-amino-alcohol motifs (C(OH)–C–C–N with tert-alkyl or cyclic N) is 1. The number of nitrogens with one attached hydrogen (secondary N) is 1. The second-order valence-corrected chi connectivity index (χ2v) is 9.34. The molecule has 0 unspecified atom stereocenters. The highest BCUT2D eigenvalue weighted by molar-refractivity contribution is 6.30. The maximum Gasteiger partial charge on any atom is 0.222 e. The Morgan fingerprint density at radius 3 is 2.94 bits per heavy atom. The maximum atomic E-state index is 12.3. The molecule has 1 aromatic carbocycles. The Bertz CT molecular complexity index is 705. The van der Waals surface area contributed by atoms with Crippen molar-refractivity contribution in [2.24, 2.45) is 0 Å². The molecule has 1 aromatic rings. The third-order valence-electron chi connectivity index (χ3n) is 5.88. The standard InChI is InChI=1S/C23H36ClN3O4/c1-26(2)10-4-9-25-23(29)12-20-7-8-21-22(31-20)16-30-15-19(28)14-27(21)13-17-5-3-6-18(24)11-17/h3,5-6,11,19-22,28H,4,7-10,12-16H2,1-2H3,(H,25,29)/t19-,20+,21+,22-/m1/s1. The minimum absolute atomic E-state index is 0.0418. The van der Waals surface area contributed by atoms with E-state index in [-0.39, 0.29) is 30.8 Å². The molecular formula is C23H36ClN3O4. The Morgan fingerprint density at radius 2 is 2.16 bits per heavy atom. The molecule has 174 valence electrons. The van der Waals surface area contributed by atoms with E-state index in [2.05, 4.69) is 21.2 Å². The largest absolute Gasteiger partial charge is 0.389 e. The molecule has 0 spiro atoms. The van der Waals surface area contributed by atoms with Crippen molar-refractivity contribution >= 4 is 17.5 Å². The summed E-state index contributed by atoms with van der Waals surface area (Å²) in [5.74, 6) is 0.0418. The van der Waals surface area contributed by atoms with Gasteiger partial charge in [0.15, 0.2) is 0 Å². The van der Waals surface area contributed by atoms with E-state index in [9.17, 15) is 9.90 Å². The lowest BCUT2D eigenvalue weighted by atomic mass is 9.94. The van der Waals surface area contributed by atoms with E-state index in [0.717, 1.165) is 31.4 Å². The lowest BCUT2D eigenvalue weighted by Crippen LogP contribution is -2.55. The molecule has 8 heteroatoms. The van der Waals surface area contributed by atoms with Crippen LogP contribution in [0.3, 0.4) is 0 Å². The van der Waals surface area contributed by atoms with Crippen molar-refractivity contribution in [3.8, 4) is 0 Å². The topological polar surface area (TPSA) is 74.3 Å². The van der Waals surface area contributed by atoms with E-state index in [1.165, 1.54) is 0 Å². The average Bonchev–Trinajstić information content (AvgIpc) is 2.70. The van der Waals surface area contributed by atoms with E-state index < -0.39 is 6.10 Å². The van der Waals surface area contributed by atoms with Gasteiger partial charge in [-0.1, -0.05) is 23.7 Å². The first-order valence-corrected chi connectivity index (χ1v) is 11.6. The summed E-state index contributed by atoms with van der Waals surface area (Å²) in [4.78, 5) is 16.7. The van der Waals surface area contributed by atoms with Gasteiger partial charge in [0.25, 0.3) is 0 Å². The van der Waals surface area contributed by atoms with Crippen molar-refractivity contribution in [3.05, 3.63) is 34.9 Å². The van der Waals surface area contributed by atoms with E-state index >= 15 is 0 Å². The zero-order valence-corrected chi connectivity index (χ0v) is 19.4. The Hall–Kier alpha value is -1.22. The fourth-order valence-corrected chi connectivity index (χ4v) is 4.61. The molecule has 7 nitrogen and oxygen atoms in total. The summed E-state index contributed by atoms with van der Waals surface area (Å²) >= 11 is 6.16. The lowest BCUT2D eigenvalue weighted by molar-refractivity contribution is -0.158. The molecule has 31 heavy (non-hydrogen) atoms. The summed E-state index contributed by atoms with van der Waals surface area (Å²) in [7, 11) is 4.06. The first-order valence-electron chi connectivity index (χ1n) is 11.2. The Balaban J connectivity index is 1.56. The molecule has 0 aromatic heterocycles. The van der Waals surface area contributed by atoms with Gasteiger partial charge in [-0.05, 0) is 57.6 Å². The number of benzene rings is 1. The Labute approximate surface area is 190 Å². The van der Waals surface area contributed by atoms with Gasteiger partial charge in [0.05, 0.1) is 37.9 Å². The van der Waals surface area contributed by atoms with Crippen LogP contribution in [0.5, 0.6) is 0 Å². The smallest absolute Gasteiger partial charge is 0.222 e. The summed E-state index contributed by atoms with van der Waals surface area (Å²) in [5, 5.41) is 14.0. The van der Waals surface area contributed by atoms with Crippen LogP contribution >= 0.6 is 11.6 Å². The fraction of sp³-hybridized carbons (Fsp3) is 0.696. The highest BCUT2D eigenvalue weighted by Crippen LogP contribution is 2.29. The fourth-order valence-electron chi connectivity index (χ4n) is 4.40. The second kappa shape index (κ2) is 12.1. The second-order valence-electron chi connectivity index (χ2n) is 8.90. The highest BCUT2D eigenvalue weighted by Gasteiger charge is 2.38. The van der Waals surface area contributed by atoms with Crippen LogP contribution in [0.2, 0.25) is 5.02 Å². The highest BCUT2D eigenvalue weighted by atomic mass is 35.5. The van der Waals surface area contributed by atoms with Crippen LogP contribution in [0, 0.1) is 0 Å². The molecule has 3 rings (SSSR count). The number of carbonyl (C=O) groups excluding carboxylic acids is 1. The number of carbonyl (C=O) groups is 1. The monoisotopic (exact) mass is 453 g/mol. The van der Waals surface area contributed by atoms with Crippen LogP contribution in [-0.4, -0.2) is 92.1 Å². The molecule has 1 amide bonds. The van der Waals surface area contributed by atoms with Gasteiger partial charge in [-0.3, -0.25) is 9.69 Å². The number of ether oxygens (including phenoxy) is 2. The molecule has 0 bridgehead atoms. The molecule has 2 saturated heterocycles. The van der Waals surface area contributed by atoms with Crippen LogP contribution in [0.1, 0.15) is 31.2 Å². The maximum absolute atomic E-state index is 12.3. The van der Waals surface area contributed by atoms with Gasteiger partial charge in [-0.2, -0.15) is 0 Å². The molecule has 4 atom stereocenters. The molecule has 0 saturated carbocycles. The molecule has 2 heterocycles. The Morgan fingerprint density at radius 1 is 1.32 bits per heavy atom. The number of aliphatic hydroxyl groups excluding tert-OH is 1. The predicted molar refractivity (Wildman–Crippen MR) is 121 cm³/mol. The molecule has 2 aliphatic heterocycles. The van der Waals surface area contributed by atoms with Crippen molar-refractivity contribution in [2.45, 2.75) is 56.6 Å². The average molecular weight is 454 g/mol. The van der Waals surface area contributed by atoms with Gasteiger partial charge in [-0.15, -0.1) is 0 Å². The summed E-state index contributed by atoms with van der Waals surface area (Å²) in [5.41, 5.74) is 1.11. The van der Waals surface area contributed by atoms with Gasteiger partial charge in [0.2, 0.25) is 5.91 Å². The number of aliphatic hydroxyl groups is 1. The SMILES string of the molecule is CN(C)CCCNC(=O)C[C@@H]1CC[C@H]2[C@@H](COC[C@H](O)CN2Cc2cccc(Cl)c2)O1. The molecular weight excluding hydrogens is 418 g/mol. The van der Waals surface area contributed by atoms with Gasteiger partial charge in [-0.25, -0.2) is 0 Å². The third-order valence-corrected chi connectivity index (χ3v) is 6.11. The van der Waals surface area contributed by atoms with E-state index in [1.807, 2.05) is 32.3 Å². The quantitative estimate of drug-likeness (QED) is 0.586. The Kier molecular flexibility index (Phi) is 9.56.